The summed E-state index contributed by atoms with van der Waals surface area (Å²) in [6, 6.07) is 5.10. The van der Waals surface area contributed by atoms with Gasteiger partial charge >= 0.3 is 12.1 Å². The highest BCUT2D eigenvalue weighted by atomic mass is 19.4. The van der Waals surface area contributed by atoms with E-state index in [2.05, 4.69) is 0 Å². The van der Waals surface area contributed by atoms with Gasteiger partial charge in [-0.05, 0) is 37.3 Å². The van der Waals surface area contributed by atoms with Crippen molar-refractivity contribution < 1.29 is 27.4 Å². The summed E-state index contributed by atoms with van der Waals surface area (Å²) >= 11 is 0. The molecule has 3 rings (SSSR count). The van der Waals surface area contributed by atoms with E-state index in [1.54, 1.807) is 6.07 Å². The predicted octanol–water partition coefficient (Wildman–Crippen LogP) is 4.24. The number of carbonyl (C=O) groups is 1. The van der Waals surface area contributed by atoms with Crippen molar-refractivity contribution in [2.45, 2.75) is 56.2 Å². The van der Waals surface area contributed by atoms with E-state index in [9.17, 15) is 18.0 Å². The molecule has 24 heavy (non-hydrogen) atoms. The first-order chi connectivity index (χ1) is 11.4. The lowest BCUT2D eigenvalue weighted by Gasteiger charge is -2.28. The normalized spacial score (nSPS) is 23.4. The van der Waals surface area contributed by atoms with Gasteiger partial charge in [-0.25, -0.2) is 0 Å². The third-order valence-corrected chi connectivity index (χ3v) is 5.01. The third kappa shape index (κ3) is 3.43. The molecule has 1 aromatic rings. The minimum Gasteiger partial charge on any atom is -0.462 e. The standard InChI is InChI=1S/C18H21F3O3/c19-18(20,21)14-6-3-5-13(11-14)17(8-1-2-9-17)16(22)24-12-15-7-4-10-23-15/h3,5-6,11,15H,1-2,4,7-10,12H2. The van der Waals surface area contributed by atoms with E-state index in [0.29, 0.717) is 25.0 Å². The molecule has 0 spiro atoms. The second-order valence-electron chi connectivity index (χ2n) is 6.60. The average molecular weight is 342 g/mol. The highest BCUT2D eigenvalue weighted by Crippen LogP contribution is 2.43. The van der Waals surface area contributed by atoms with Crippen molar-refractivity contribution in [3.8, 4) is 0 Å². The van der Waals surface area contributed by atoms with Crippen LogP contribution in [0.3, 0.4) is 0 Å². The Labute approximate surface area is 139 Å². The van der Waals surface area contributed by atoms with Crippen molar-refractivity contribution in [3.05, 3.63) is 35.4 Å². The number of benzene rings is 1. The van der Waals surface area contributed by atoms with Gasteiger partial charge in [0.15, 0.2) is 0 Å². The van der Waals surface area contributed by atoms with Gasteiger partial charge in [0.1, 0.15) is 6.61 Å². The van der Waals surface area contributed by atoms with E-state index in [0.717, 1.165) is 37.8 Å². The zero-order valence-electron chi connectivity index (χ0n) is 13.4. The van der Waals surface area contributed by atoms with Crippen molar-refractivity contribution in [1.29, 1.82) is 0 Å². The summed E-state index contributed by atoms with van der Waals surface area (Å²) in [6.07, 6.45) is -0.0373. The van der Waals surface area contributed by atoms with Crippen molar-refractivity contribution in [2.75, 3.05) is 13.2 Å². The molecule has 0 amide bonds. The summed E-state index contributed by atoms with van der Waals surface area (Å²) < 4.78 is 49.9. The maximum Gasteiger partial charge on any atom is 0.416 e. The Balaban J connectivity index is 1.81. The van der Waals surface area contributed by atoms with Gasteiger partial charge < -0.3 is 9.47 Å². The lowest BCUT2D eigenvalue weighted by atomic mass is 9.78. The van der Waals surface area contributed by atoms with Crippen molar-refractivity contribution in [1.82, 2.24) is 0 Å². The Hall–Kier alpha value is -1.56. The van der Waals surface area contributed by atoms with Crippen LogP contribution in [0, 0.1) is 0 Å². The Kier molecular flexibility index (Phi) is 4.85. The monoisotopic (exact) mass is 342 g/mol. The molecule has 1 aliphatic carbocycles. The first-order valence-corrected chi connectivity index (χ1v) is 8.38. The van der Waals surface area contributed by atoms with Gasteiger partial charge in [-0.3, -0.25) is 4.79 Å². The number of halogens is 3. The van der Waals surface area contributed by atoms with Crippen LogP contribution in [0.25, 0.3) is 0 Å². The zero-order chi connectivity index (χ0) is 17.2. The van der Waals surface area contributed by atoms with Gasteiger partial charge in [0, 0.05) is 6.61 Å². The summed E-state index contributed by atoms with van der Waals surface area (Å²) in [7, 11) is 0. The SMILES string of the molecule is O=C(OCC1CCCO1)C1(c2cccc(C(F)(F)F)c2)CCCC1. The number of rotatable bonds is 4. The quantitative estimate of drug-likeness (QED) is 0.768. The van der Waals surface area contributed by atoms with Crippen LogP contribution >= 0.6 is 0 Å². The second-order valence-corrected chi connectivity index (χ2v) is 6.60. The van der Waals surface area contributed by atoms with Crippen LogP contribution in [0.2, 0.25) is 0 Å². The van der Waals surface area contributed by atoms with E-state index in [-0.39, 0.29) is 12.7 Å². The molecule has 6 heteroatoms. The molecule has 2 fully saturated rings. The van der Waals surface area contributed by atoms with Crippen LogP contribution in [0.4, 0.5) is 13.2 Å². The Bertz CT molecular complexity index is 585. The van der Waals surface area contributed by atoms with E-state index in [1.807, 2.05) is 0 Å². The number of hydrogen-bond donors (Lipinski definition) is 0. The molecule has 0 bridgehead atoms. The summed E-state index contributed by atoms with van der Waals surface area (Å²) in [5.74, 6) is -0.421. The lowest BCUT2D eigenvalue weighted by molar-refractivity contribution is -0.154. The number of hydrogen-bond acceptors (Lipinski definition) is 3. The van der Waals surface area contributed by atoms with Gasteiger partial charge in [0.2, 0.25) is 0 Å². The van der Waals surface area contributed by atoms with Crippen LogP contribution in [-0.2, 0) is 25.9 Å². The molecule has 3 nitrogen and oxygen atoms in total. The van der Waals surface area contributed by atoms with Crippen LogP contribution < -0.4 is 0 Å². The van der Waals surface area contributed by atoms with Gasteiger partial charge in [-0.1, -0.05) is 31.0 Å². The molecular formula is C18H21F3O3. The maximum atomic E-state index is 13.0. The summed E-state index contributed by atoms with van der Waals surface area (Å²) in [5.41, 5.74) is -1.27. The fourth-order valence-electron chi connectivity index (χ4n) is 3.66. The second kappa shape index (κ2) is 6.75. The highest BCUT2D eigenvalue weighted by molar-refractivity contribution is 5.83. The molecule has 132 valence electrons. The molecule has 1 atom stereocenters. The molecule has 2 aliphatic rings. The lowest BCUT2D eigenvalue weighted by Crippen LogP contribution is -2.36. The molecule has 1 aliphatic heterocycles. The number of esters is 1. The smallest absolute Gasteiger partial charge is 0.416 e. The van der Waals surface area contributed by atoms with Crippen LogP contribution in [0.1, 0.15) is 49.7 Å². The molecule has 0 aromatic heterocycles. The minimum atomic E-state index is -4.42. The fourth-order valence-corrected chi connectivity index (χ4v) is 3.66. The van der Waals surface area contributed by atoms with Crippen molar-refractivity contribution in [3.63, 3.8) is 0 Å². The Morgan fingerprint density at radius 3 is 2.62 bits per heavy atom. The highest BCUT2D eigenvalue weighted by Gasteiger charge is 2.45. The molecule has 1 saturated heterocycles. The number of carbonyl (C=O) groups excluding carboxylic acids is 1. The third-order valence-electron chi connectivity index (χ3n) is 5.01. The average Bonchev–Trinajstić information content (AvgIpc) is 3.24. The molecule has 1 unspecified atom stereocenters. The van der Waals surface area contributed by atoms with Crippen molar-refractivity contribution >= 4 is 5.97 Å². The van der Waals surface area contributed by atoms with Gasteiger partial charge in [0.25, 0.3) is 0 Å². The predicted molar refractivity (Wildman–Crippen MR) is 81.5 cm³/mol. The topological polar surface area (TPSA) is 35.5 Å². The molecule has 1 heterocycles. The van der Waals surface area contributed by atoms with E-state index in [4.69, 9.17) is 9.47 Å². The number of alkyl halides is 3. The zero-order valence-corrected chi connectivity index (χ0v) is 13.4. The molecular weight excluding hydrogens is 321 g/mol. The molecule has 0 N–H and O–H groups in total. The first-order valence-electron chi connectivity index (χ1n) is 8.38. The Morgan fingerprint density at radius 2 is 2.00 bits per heavy atom. The number of ether oxygens (including phenoxy) is 2. The van der Waals surface area contributed by atoms with Crippen LogP contribution in [0.5, 0.6) is 0 Å². The molecule has 1 aromatic carbocycles. The van der Waals surface area contributed by atoms with E-state index >= 15 is 0 Å². The summed E-state index contributed by atoms with van der Waals surface area (Å²) in [5, 5.41) is 0. The minimum absolute atomic E-state index is 0.0890. The van der Waals surface area contributed by atoms with E-state index < -0.39 is 23.1 Å². The van der Waals surface area contributed by atoms with Crippen LogP contribution in [-0.4, -0.2) is 25.3 Å². The maximum absolute atomic E-state index is 13.0. The van der Waals surface area contributed by atoms with Crippen LogP contribution in [0.15, 0.2) is 24.3 Å². The summed E-state index contributed by atoms with van der Waals surface area (Å²) in [4.78, 5) is 12.7. The Morgan fingerprint density at radius 1 is 1.25 bits per heavy atom. The van der Waals surface area contributed by atoms with Gasteiger partial charge in [0.05, 0.1) is 17.1 Å². The van der Waals surface area contributed by atoms with Gasteiger partial charge in [-0.15, -0.1) is 0 Å². The fraction of sp³-hybridized carbons (Fsp3) is 0.611. The molecule has 1 saturated carbocycles. The van der Waals surface area contributed by atoms with Gasteiger partial charge in [-0.2, -0.15) is 13.2 Å². The van der Waals surface area contributed by atoms with E-state index in [1.165, 1.54) is 6.07 Å². The largest absolute Gasteiger partial charge is 0.462 e. The first kappa shape index (κ1) is 17.3. The summed E-state index contributed by atoms with van der Waals surface area (Å²) in [6.45, 7) is 0.848. The molecule has 0 radical (unpaired) electrons. The van der Waals surface area contributed by atoms with Crippen molar-refractivity contribution in [2.24, 2.45) is 0 Å².